The molecule has 2 heterocycles. The summed E-state index contributed by atoms with van der Waals surface area (Å²) in [7, 11) is 0. The fourth-order valence-corrected chi connectivity index (χ4v) is 3.76. The number of hydrogen-bond acceptors (Lipinski definition) is 5. The third kappa shape index (κ3) is 5.40. The quantitative estimate of drug-likeness (QED) is 0.493. The molecule has 0 bridgehead atoms. The fraction of sp³-hybridized carbons (Fsp3) is 0.824. The number of nitrogens with zero attached hydrogens (tertiary/aromatic N) is 1. The Morgan fingerprint density at radius 1 is 1.20 bits per heavy atom. The molecule has 0 aliphatic carbocycles. The monoisotopic (exact) mass is 355 g/mol. The van der Waals surface area contributed by atoms with Crippen molar-refractivity contribution in [2.75, 3.05) is 19.6 Å². The Morgan fingerprint density at radius 3 is 2.48 bits per heavy atom. The Labute approximate surface area is 147 Å². The molecule has 0 aromatic heterocycles. The largest absolute Gasteiger partial charge is 0.480 e. The Morgan fingerprint density at radius 2 is 1.88 bits per heavy atom. The average molecular weight is 355 g/mol. The summed E-state index contributed by atoms with van der Waals surface area (Å²) in [4.78, 5) is 36.6. The summed E-state index contributed by atoms with van der Waals surface area (Å²) in [5.74, 6) is -1.78. The fourth-order valence-electron chi connectivity index (χ4n) is 3.76. The minimum atomic E-state index is -1.00. The van der Waals surface area contributed by atoms with E-state index in [1.165, 1.54) is 4.90 Å². The molecule has 2 aliphatic heterocycles. The van der Waals surface area contributed by atoms with E-state index in [1.807, 2.05) is 0 Å². The summed E-state index contributed by atoms with van der Waals surface area (Å²) in [5.41, 5.74) is 0. The highest BCUT2D eigenvalue weighted by molar-refractivity contribution is 5.88. The van der Waals surface area contributed by atoms with Crippen LogP contribution in [0.3, 0.4) is 0 Å². The topological polar surface area (TPSA) is 119 Å². The minimum absolute atomic E-state index is 0.335. The van der Waals surface area contributed by atoms with Gasteiger partial charge in [0.05, 0.1) is 6.04 Å². The van der Waals surface area contributed by atoms with Crippen LogP contribution in [0.15, 0.2) is 0 Å². The first-order valence-corrected chi connectivity index (χ1v) is 9.13. The van der Waals surface area contributed by atoms with Crippen molar-refractivity contribution in [2.24, 2.45) is 5.92 Å². The van der Waals surface area contributed by atoms with Crippen LogP contribution in [0.5, 0.6) is 0 Å². The van der Waals surface area contributed by atoms with E-state index in [1.54, 1.807) is 6.92 Å². The van der Waals surface area contributed by atoms with Gasteiger partial charge in [0, 0.05) is 6.54 Å². The molecule has 3 atom stereocenters. The van der Waals surface area contributed by atoms with Crippen LogP contribution in [0.2, 0.25) is 0 Å². The van der Waals surface area contributed by atoms with Gasteiger partial charge in [0.15, 0.2) is 0 Å². The Balaban J connectivity index is 1.88. The lowest BCUT2D eigenvalue weighted by Gasteiger charge is -2.28. The lowest BCUT2D eigenvalue weighted by atomic mass is 9.91. The second-order valence-electron chi connectivity index (χ2n) is 7.08. The molecule has 1 amide bonds. The van der Waals surface area contributed by atoms with Gasteiger partial charge in [0.2, 0.25) is 5.91 Å². The van der Waals surface area contributed by atoms with E-state index in [9.17, 15) is 24.6 Å². The molecule has 2 aliphatic rings. The molecule has 8 heteroatoms. The van der Waals surface area contributed by atoms with Crippen molar-refractivity contribution in [3.05, 3.63) is 0 Å². The number of carboxylic acid groups (broad SMARTS) is 2. The van der Waals surface area contributed by atoms with E-state index in [4.69, 9.17) is 0 Å². The SMILES string of the molecule is C[C@H](N[C@@H](CCC1CCNCC1)C(=O)O)C(=O)N1CCC[C@H]1C(=O)O. The number of amides is 1. The number of aliphatic carboxylic acids is 2. The van der Waals surface area contributed by atoms with Crippen molar-refractivity contribution in [2.45, 2.75) is 63.6 Å². The van der Waals surface area contributed by atoms with Gasteiger partial charge >= 0.3 is 11.9 Å². The van der Waals surface area contributed by atoms with Gasteiger partial charge in [-0.25, -0.2) is 4.79 Å². The van der Waals surface area contributed by atoms with E-state index in [0.29, 0.717) is 31.7 Å². The van der Waals surface area contributed by atoms with Gasteiger partial charge < -0.3 is 20.4 Å². The van der Waals surface area contributed by atoms with E-state index < -0.39 is 30.1 Å². The Bertz CT molecular complexity index is 493. The van der Waals surface area contributed by atoms with Crippen LogP contribution in [0, 0.1) is 5.92 Å². The normalized spacial score (nSPS) is 24.0. The molecule has 0 aromatic carbocycles. The Hall–Kier alpha value is -1.67. The second-order valence-corrected chi connectivity index (χ2v) is 7.08. The van der Waals surface area contributed by atoms with E-state index in [0.717, 1.165) is 32.4 Å². The minimum Gasteiger partial charge on any atom is -0.480 e. The summed E-state index contributed by atoms with van der Waals surface area (Å²) in [6, 6.07) is -2.30. The summed E-state index contributed by atoms with van der Waals surface area (Å²) in [6.07, 6.45) is 4.50. The number of carbonyl (C=O) groups is 3. The van der Waals surface area contributed by atoms with Crippen molar-refractivity contribution >= 4 is 17.8 Å². The maximum atomic E-state index is 12.5. The average Bonchev–Trinajstić information content (AvgIpc) is 3.08. The molecular formula is C17H29N3O5. The van der Waals surface area contributed by atoms with Crippen LogP contribution >= 0.6 is 0 Å². The number of likely N-dealkylation sites (tertiary alicyclic amines) is 1. The highest BCUT2D eigenvalue weighted by Gasteiger charge is 2.36. The highest BCUT2D eigenvalue weighted by Crippen LogP contribution is 2.20. The number of nitrogens with one attached hydrogen (secondary N) is 2. The van der Waals surface area contributed by atoms with Gasteiger partial charge in [0.1, 0.15) is 12.1 Å². The third-order valence-electron chi connectivity index (χ3n) is 5.26. The first-order valence-electron chi connectivity index (χ1n) is 9.13. The van der Waals surface area contributed by atoms with Gasteiger partial charge in [0.25, 0.3) is 0 Å². The molecule has 142 valence electrons. The van der Waals surface area contributed by atoms with Crippen molar-refractivity contribution in [3.63, 3.8) is 0 Å². The molecule has 25 heavy (non-hydrogen) atoms. The van der Waals surface area contributed by atoms with Crippen LogP contribution in [0.25, 0.3) is 0 Å². The van der Waals surface area contributed by atoms with Crippen molar-refractivity contribution in [1.29, 1.82) is 0 Å². The summed E-state index contributed by atoms with van der Waals surface area (Å²) < 4.78 is 0. The maximum absolute atomic E-state index is 12.5. The van der Waals surface area contributed by atoms with Crippen LogP contribution in [-0.2, 0) is 14.4 Å². The number of hydrogen-bond donors (Lipinski definition) is 4. The van der Waals surface area contributed by atoms with Crippen LogP contribution < -0.4 is 10.6 Å². The molecule has 0 radical (unpaired) electrons. The van der Waals surface area contributed by atoms with Gasteiger partial charge in [-0.3, -0.25) is 14.9 Å². The summed E-state index contributed by atoms with van der Waals surface area (Å²) in [5, 5.41) is 24.8. The molecule has 8 nitrogen and oxygen atoms in total. The van der Waals surface area contributed by atoms with Crippen LogP contribution in [-0.4, -0.2) is 70.7 Å². The van der Waals surface area contributed by atoms with Crippen molar-refractivity contribution in [1.82, 2.24) is 15.5 Å². The number of carboxylic acids is 2. The lowest BCUT2D eigenvalue weighted by molar-refractivity contribution is -0.149. The predicted molar refractivity (Wildman–Crippen MR) is 91.2 cm³/mol. The second kappa shape index (κ2) is 9.15. The molecule has 0 aromatic rings. The first-order chi connectivity index (χ1) is 11.9. The highest BCUT2D eigenvalue weighted by atomic mass is 16.4. The molecular weight excluding hydrogens is 326 g/mol. The zero-order valence-electron chi connectivity index (χ0n) is 14.7. The molecule has 2 rings (SSSR count). The molecule has 0 spiro atoms. The van der Waals surface area contributed by atoms with Crippen molar-refractivity contribution < 1.29 is 24.6 Å². The Kier molecular flexibility index (Phi) is 7.19. The lowest BCUT2D eigenvalue weighted by Crippen LogP contribution is -2.53. The molecule has 0 unspecified atom stereocenters. The van der Waals surface area contributed by atoms with Crippen LogP contribution in [0.4, 0.5) is 0 Å². The summed E-state index contributed by atoms with van der Waals surface area (Å²) >= 11 is 0. The molecule has 2 fully saturated rings. The molecule has 2 saturated heterocycles. The molecule has 0 saturated carbocycles. The van der Waals surface area contributed by atoms with Gasteiger partial charge in [-0.1, -0.05) is 0 Å². The van der Waals surface area contributed by atoms with Gasteiger partial charge in [-0.05, 0) is 64.5 Å². The van der Waals surface area contributed by atoms with E-state index in [-0.39, 0.29) is 5.91 Å². The van der Waals surface area contributed by atoms with E-state index in [2.05, 4.69) is 10.6 Å². The van der Waals surface area contributed by atoms with E-state index >= 15 is 0 Å². The zero-order valence-corrected chi connectivity index (χ0v) is 14.7. The van der Waals surface area contributed by atoms with Crippen LogP contribution in [0.1, 0.15) is 45.4 Å². The third-order valence-corrected chi connectivity index (χ3v) is 5.26. The zero-order chi connectivity index (χ0) is 18.4. The number of piperidine rings is 1. The predicted octanol–water partition coefficient (Wildman–Crippen LogP) is 0.273. The first kappa shape index (κ1) is 19.7. The number of rotatable bonds is 8. The number of carbonyl (C=O) groups excluding carboxylic acids is 1. The smallest absolute Gasteiger partial charge is 0.326 e. The standard InChI is InChI=1S/C17H29N3O5/c1-11(15(21)20-10-2-3-14(20)17(24)25)19-13(16(22)23)5-4-12-6-8-18-9-7-12/h11-14,18-19H,2-10H2,1H3,(H,22,23)(H,24,25)/t11-,13-,14-/m0/s1. The summed E-state index contributed by atoms with van der Waals surface area (Å²) in [6.45, 7) is 3.96. The maximum Gasteiger partial charge on any atom is 0.326 e. The van der Waals surface area contributed by atoms with Crippen molar-refractivity contribution in [3.8, 4) is 0 Å². The van der Waals surface area contributed by atoms with Gasteiger partial charge in [-0.2, -0.15) is 0 Å². The van der Waals surface area contributed by atoms with Gasteiger partial charge in [-0.15, -0.1) is 0 Å². The molecule has 4 N–H and O–H groups in total.